The number of carbonyl (C=O) groups excluding carboxylic acids is 1. The number of hydrogen-bond donors (Lipinski definition) is 1. The summed E-state index contributed by atoms with van der Waals surface area (Å²) < 4.78 is 7.30. The number of fused-ring (bicyclic) bond motifs is 3. The lowest BCUT2D eigenvalue weighted by molar-refractivity contribution is 0.181. The lowest BCUT2D eigenvalue weighted by Crippen LogP contribution is -2.23. The molecule has 1 saturated heterocycles. The molecule has 0 bridgehead atoms. The predicted molar refractivity (Wildman–Crippen MR) is 102 cm³/mol. The third-order valence-electron chi connectivity index (χ3n) is 4.76. The Morgan fingerprint density at radius 3 is 2.77 bits per heavy atom. The fourth-order valence-electron chi connectivity index (χ4n) is 3.62. The minimum Gasteiger partial charge on any atom is -0.447 e. The molecule has 2 aromatic heterocycles. The van der Waals surface area contributed by atoms with Gasteiger partial charge in [0.25, 0.3) is 0 Å². The summed E-state index contributed by atoms with van der Waals surface area (Å²) >= 11 is 0. The van der Waals surface area contributed by atoms with Crippen LogP contribution in [-0.2, 0) is 17.7 Å². The van der Waals surface area contributed by atoms with Crippen LogP contribution in [0.15, 0.2) is 18.2 Å². The number of ether oxygens (including phenoxy) is 1. The van der Waals surface area contributed by atoms with Crippen molar-refractivity contribution < 1.29 is 9.53 Å². The van der Waals surface area contributed by atoms with Gasteiger partial charge in [-0.3, -0.25) is 4.90 Å². The van der Waals surface area contributed by atoms with Gasteiger partial charge in [-0.2, -0.15) is 0 Å². The number of carbonyl (C=O) groups is 1. The van der Waals surface area contributed by atoms with E-state index >= 15 is 0 Å². The molecule has 0 unspecified atom stereocenters. The van der Waals surface area contributed by atoms with Gasteiger partial charge in [-0.15, -0.1) is 0 Å². The third-order valence-corrected chi connectivity index (χ3v) is 4.76. The predicted octanol–water partition coefficient (Wildman–Crippen LogP) is 3.49. The van der Waals surface area contributed by atoms with Gasteiger partial charge in [-0.1, -0.05) is 13.8 Å². The molecule has 2 N–H and O–H groups in total. The van der Waals surface area contributed by atoms with Gasteiger partial charge < -0.3 is 15.0 Å². The first-order chi connectivity index (χ1) is 12.6. The van der Waals surface area contributed by atoms with Crippen LogP contribution < -0.4 is 10.6 Å². The van der Waals surface area contributed by atoms with Crippen LogP contribution in [0.3, 0.4) is 0 Å². The van der Waals surface area contributed by atoms with E-state index in [0.29, 0.717) is 19.0 Å². The molecule has 4 rings (SSSR count). The van der Waals surface area contributed by atoms with E-state index in [-0.39, 0.29) is 6.09 Å². The van der Waals surface area contributed by atoms with Gasteiger partial charge in [0.1, 0.15) is 17.9 Å². The highest BCUT2D eigenvalue weighted by atomic mass is 16.6. The zero-order valence-corrected chi connectivity index (χ0v) is 15.2. The van der Waals surface area contributed by atoms with Crippen LogP contribution >= 0.6 is 0 Å². The largest absolute Gasteiger partial charge is 0.447 e. The number of amides is 1. The quantitative estimate of drug-likeness (QED) is 0.759. The van der Waals surface area contributed by atoms with E-state index in [1.807, 2.05) is 18.2 Å². The molecule has 1 aromatic carbocycles. The Morgan fingerprint density at radius 1 is 1.23 bits per heavy atom. The molecule has 1 aliphatic rings. The molecular weight excluding hydrogens is 330 g/mol. The maximum Gasteiger partial charge on any atom is 0.414 e. The first kappa shape index (κ1) is 16.6. The average molecular weight is 353 g/mol. The van der Waals surface area contributed by atoms with Crippen molar-refractivity contribution in [2.24, 2.45) is 0 Å². The van der Waals surface area contributed by atoms with Gasteiger partial charge in [-0.25, -0.2) is 14.8 Å². The van der Waals surface area contributed by atoms with E-state index in [9.17, 15) is 4.79 Å². The van der Waals surface area contributed by atoms with Gasteiger partial charge in [0.2, 0.25) is 0 Å². The van der Waals surface area contributed by atoms with Crippen molar-refractivity contribution in [2.45, 2.75) is 39.7 Å². The summed E-state index contributed by atoms with van der Waals surface area (Å²) in [6, 6.07) is 5.85. The Morgan fingerprint density at radius 2 is 2.08 bits per heavy atom. The van der Waals surface area contributed by atoms with E-state index in [1.165, 1.54) is 0 Å². The van der Waals surface area contributed by atoms with Crippen LogP contribution in [0.1, 0.15) is 32.5 Å². The summed E-state index contributed by atoms with van der Waals surface area (Å²) in [5, 5.41) is 1.01. The number of anilines is 2. The maximum atomic E-state index is 11.8. The molecule has 7 nitrogen and oxygen atoms in total. The second-order valence-corrected chi connectivity index (χ2v) is 6.59. The number of nitrogens with two attached hydrogens (primary N) is 1. The number of aryl methyl sites for hydroxylation is 2. The third kappa shape index (κ3) is 2.55. The topological polar surface area (TPSA) is 86.3 Å². The van der Waals surface area contributed by atoms with Gasteiger partial charge in [0.15, 0.2) is 5.82 Å². The molecule has 0 atom stereocenters. The van der Waals surface area contributed by atoms with Crippen LogP contribution in [-0.4, -0.2) is 33.8 Å². The summed E-state index contributed by atoms with van der Waals surface area (Å²) in [5.41, 5.74) is 9.59. The van der Waals surface area contributed by atoms with Crippen LogP contribution in [0.4, 0.5) is 16.3 Å². The standard InChI is InChI=1S/C19H23N5O2/c1-3-5-15-22-16-17(24(15)8-4-2)13-7-6-12(11-14(13)21-18(16)20)23-9-10-26-19(23)25/h6-7,11H,3-5,8-10H2,1-2H3,(H2,20,21). The number of nitrogen functional groups attached to an aromatic ring is 1. The second kappa shape index (κ2) is 6.48. The number of rotatable bonds is 5. The highest BCUT2D eigenvalue weighted by molar-refractivity contribution is 6.08. The average Bonchev–Trinajstić information content (AvgIpc) is 3.20. The molecule has 3 heterocycles. The molecule has 0 aliphatic carbocycles. The monoisotopic (exact) mass is 353 g/mol. The summed E-state index contributed by atoms with van der Waals surface area (Å²) in [7, 11) is 0. The Labute approximate surface area is 151 Å². The fraction of sp³-hybridized carbons (Fsp3) is 0.421. The van der Waals surface area contributed by atoms with Crippen molar-refractivity contribution in [1.29, 1.82) is 0 Å². The first-order valence-corrected chi connectivity index (χ1v) is 9.16. The molecule has 0 spiro atoms. The molecule has 26 heavy (non-hydrogen) atoms. The fourth-order valence-corrected chi connectivity index (χ4v) is 3.62. The number of cyclic esters (lactones) is 1. The minimum absolute atomic E-state index is 0.320. The van der Waals surface area contributed by atoms with E-state index in [4.69, 9.17) is 15.5 Å². The van der Waals surface area contributed by atoms with Crippen molar-refractivity contribution >= 4 is 39.5 Å². The normalized spacial score (nSPS) is 14.5. The highest BCUT2D eigenvalue weighted by Crippen LogP contribution is 2.32. The van der Waals surface area contributed by atoms with E-state index in [1.54, 1.807) is 4.90 Å². The van der Waals surface area contributed by atoms with E-state index in [2.05, 4.69) is 23.4 Å². The summed E-state index contributed by atoms with van der Waals surface area (Å²) in [6.45, 7) is 6.17. The van der Waals surface area contributed by atoms with Gasteiger partial charge >= 0.3 is 6.09 Å². The van der Waals surface area contributed by atoms with Crippen molar-refractivity contribution in [3.63, 3.8) is 0 Å². The molecule has 0 radical (unpaired) electrons. The Kier molecular flexibility index (Phi) is 4.14. The number of nitrogens with zero attached hydrogens (tertiary/aromatic N) is 4. The number of pyridine rings is 1. The first-order valence-electron chi connectivity index (χ1n) is 9.16. The number of benzene rings is 1. The summed E-state index contributed by atoms with van der Waals surface area (Å²) in [4.78, 5) is 22.8. The number of imidazole rings is 1. The van der Waals surface area contributed by atoms with Crippen molar-refractivity contribution in [1.82, 2.24) is 14.5 Å². The molecule has 1 fully saturated rings. The Bertz CT molecular complexity index is 995. The second-order valence-electron chi connectivity index (χ2n) is 6.59. The lowest BCUT2D eigenvalue weighted by atomic mass is 10.1. The van der Waals surface area contributed by atoms with Gasteiger partial charge in [0.05, 0.1) is 17.6 Å². The van der Waals surface area contributed by atoms with Gasteiger partial charge in [-0.05, 0) is 31.0 Å². The number of hydrogen-bond acceptors (Lipinski definition) is 5. The molecule has 3 aromatic rings. The zero-order chi connectivity index (χ0) is 18.3. The Balaban J connectivity index is 1.94. The molecule has 1 aliphatic heterocycles. The number of aromatic nitrogens is 3. The van der Waals surface area contributed by atoms with Crippen LogP contribution in [0.25, 0.3) is 21.9 Å². The van der Waals surface area contributed by atoms with Crippen molar-refractivity contribution in [3.05, 3.63) is 24.0 Å². The molecule has 7 heteroatoms. The highest BCUT2D eigenvalue weighted by Gasteiger charge is 2.24. The summed E-state index contributed by atoms with van der Waals surface area (Å²) in [6.07, 6.45) is 2.64. The van der Waals surface area contributed by atoms with Gasteiger partial charge in [0, 0.05) is 24.0 Å². The molecular formula is C19H23N5O2. The summed E-state index contributed by atoms with van der Waals surface area (Å²) in [5.74, 6) is 1.48. The molecule has 1 amide bonds. The lowest BCUT2D eigenvalue weighted by Gasteiger charge is -2.14. The minimum atomic E-state index is -0.320. The van der Waals surface area contributed by atoms with Crippen LogP contribution in [0.5, 0.6) is 0 Å². The Hall–Kier alpha value is -2.83. The van der Waals surface area contributed by atoms with Crippen molar-refractivity contribution in [2.75, 3.05) is 23.8 Å². The van der Waals surface area contributed by atoms with Crippen LogP contribution in [0.2, 0.25) is 0 Å². The SMILES string of the molecule is CCCc1nc2c(N)nc3cc(N4CCOC4=O)ccc3c2n1CCC. The smallest absolute Gasteiger partial charge is 0.414 e. The van der Waals surface area contributed by atoms with Crippen molar-refractivity contribution in [3.8, 4) is 0 Å². The van der Waals surface area contributed by atoms with Crippen LogP contribution in [0, 0.1) is 0 Å². The molecule has 136 valence electrons. The van der Waals surface area contributed by atoms with E-state index in [0.717, 1.165) is 59.3 Å². The maximum absolute atomic E-state index is 11.8. The molecule has 0 saturated carbocycles. The zero-order valence-electron chi connectivity index (χ0n) is 15.2. The van der Waals surface area contributed by atoms with E-state index < -0.39 is 0 Å².